The number of para-hydroxylation sites is 3. The summed E-state index contributed by atoms with van der Waals surface area (Å²) in [6.45, 7) is 0. The summed E-state index contributed by atoms with van der Waals surface area (Å²) in [5, 5.41) is 4.99. The van der Waals surface area contributed by atoms with Crippen molar-refractivity contribution >= 4 is 32.6 Å². The van der Waals surface area contributed by atoms with Crippen LogP contribution in [0.25, 0.3) is 83.0 Å². The molecule has 0 unspecified atom stereocenters. The highest BCUT2D eigenvalue weighted by atomic mass is 15.1. The zero-order chi connectivity index (χ0) is 31.2. The van der Waals surface area contributed by atoms with Gasteiger partial charge in [0.2, 0.25) is 0 Å². The fourth-order valence-electron chi connectivity index (χ4n) is 7.14. The van der Waals surface area contributed by atoms with Crippen molar-refractivity contribution in [3.63, 3.8) is 0 Å². The van der Waals surface area contributed by atoms with Gasteiger partial charge < -0.3 is 0 Å². The highest BCUT2D eigenvalue weighted by Crippen LogP contribution is 2.45. The first-order valence-corrected chi connectivity index (χ1v) is 16.1. The molecule has 0 N–H and O–H groups in total. The van der Waals surface area contributed by atoms with Gasteiger partial charge in [0.05, 0.1) is 16.7 Å². The Morgan fingerprint density at radius 2 is 0.872 bits per heavy atom. The van der Waals surface area contributed by atoms with E-state index in [2.05, 4.69) is 187 Å². The normalized spacial score (nSPS) is 11.4. The predicted octanol–water partition coefficient (Wildman–Crippen LogP) is 12.0. The zero-order valence-corrected chi connectivity index (χ0v) is 25.7. The van der Waals surface area contributed by atoms with Crippen LogP contribution in [0.15, 0.2) is 182 Å². The summed E-state index contributed by atoms with van der Waals surface area (Å²) >= 11 is 0. The summed E-state index contributed by atoms with van der Waals surface area (Å²) < 4.78 is 2.32. The van der Waals surface area contributed by atoms with Crippen LogP contribution in [0.2, 0.25) is 0 Å². The Morgan fingerprint density at radius 3 is 1.55 bits per heavy atom. The molecule has 220 valence electrons. The minimum atomic E-state index is 0.933. The van der Waals surface area contributed by atoms with E-state index in [0.717, 1.165) is 39.2 Å². The third-order valence-corrected chi connectivity index (χ3v) is 9.20. The van der Waals surface area contributed by atoms with Gasteiger partial charge in [-0.05, 0) is 73.6 Å². The number of benzene rings is 8. The Balaban J connectivity index is 1.36. The first kappa shape index (κ1) is 27.1. The Bertz CT molecular complexity index is 2550. The second kappa shape index (κ2) is 11.3. The number of nitrogens with zero attached hydrogens (tertiary/aromatic N) is 2. The molecule has 0 amide bonds. The largest absolute Gasteiger partial charge is 0.292 e. The summed E-state index contributed by atoms with van der Waals surface area (Å²) in [6, 6.07) is 65.1. The van der Waals surface area contributed by atoms with E-state index in [-0.39, 0.29) is 0 Å². The predicted molar refractivity (Wildman–Crippen MR) is 198 cm³/mol. The molecule has 0 aliphatic rings. The minimum absolute atomic E-state index is 0.933. The number of hydrogen-bond donors (Lipinski definition) is 0. The molecule has 0 aliphatic heterocycles. The Hall–Kier alpha value is -6.25. The van der Waals surface area contributed by atoms with Crippen molar-refractivity contribution in [2.75, 3.05) is 0 Å². The number of rotatable bonds is 5. The first-order valence-electron chi connectivity index (χ1n) is 16.1. The second-order valence-corrected chi connectivity index (χ2v) is 11.9. The van der Waals surface area contributed by atoms with E-state index in [0.29, 0.717) is 0 Å². The number of aromatic nitrogens is 2. The first-order chi connectivity index (χ1) is 23.3. The maximum atomic E-state index is 5.14. The average Bonchev–Trinajstić information content (AvgIpc) is 3.54. The molecule has 0 saturated heterocycles. The maximum Gasteiger partial charge on any atom is 0.145 e. The van der Waals surface area contributed by atoms with Crippen LogP contribution >= 0.6 is 0 Å². The van der Waals surface area contributed by atoms with E-state index >= 15 is 0 Å². The van der Waals surface area contributed by atoms with Crippen molar-refractivity contribution in [2.24, 2.45) is 0 Å². The van der Waals surface area contributed by atoms with Gasteiger partial charge in [0.15, 0.2) is 0 Å². The zero-order valence-electron chi connectivity index (χ0n) is 25.7. The highest BCUT2D eigenvalue weighted by Gasteiger charge is 2.20. The molecule has 0 fully saturated rings. The molecule has 9 aromatic rings. The van der Waals surface area contributed by atoms with Crippen molar-refractivity contribution in [3.05, 3.63) is 182 Å². The average molecular weight is 599 g/mol. The maximum absolute atomic E-state index is 5.14. The molecule has 1 heterocycles. The molecule has 47 heavy (non-hydrogen) atoms. The summed E-state index contributed by atoms with van der Waals surface area (Å²) in [5.74, 6) is 0.933. The van der Waals surface area contributed by atoms with Crippen molar-refractivity contribution in [2.45, 2.75) is 0 Å². The van der Waals surface area contributed by atoms with Crippen molar-refractivity contribution in [3.8, 4) is 50.5 Å². The number of fused-ring (bicyclic) bond motifs is 3. The number of hydrogen-bond acceptors (Lipinski definition) is 1. The van der Waals surface area contributed by atoms with Gasteiger partial charge >= 0.3 is 0 Å². The fraction of sp³-hybridized carbons (Fsp3) is 0. The van der Waals surface area contributed by atoms with E-state index < -0.39 is 0 Å². The quantitative estimate of drug-likeness (QED) is 0.180. The van der Waals surface area contributed by atoms with Crippen LogP contribution < -0.4 is 0 Å². The smallest absolute Gasteiger partial charge is 0.145 e. The molecule has 0 spiro atoms. The van der Waals surface area contributed by atoms with E-state index in [4.69, 9.17) is 4.98 Å². The summed E-state index contributed by atoms with van der Waals surface area (Å²) in [7, 11) is 0. The van der Waals surface area contributed by atoms with E-state index in [1.807, 2.05) is 0 Å². The van der Waals surface area contributed by atoms with Crippen LogP contribution in [0.3, 0.4) is 0 Å². The van der Waals surface area contributed by atoms with Gasteiger partial charge in [-0.3, -0.25) is 4.57 Å². The highest BCUT2D eigenvalue weighted by molar-refractivity contribution is 6.22. The van der Waals surface area contributed by atoms with Gasteiger partial charge in [-0.1, -0.05) is 158 Å². The van der Waals surface area contributed by atoms with Crippen molar-refractivity contribution in [1.29, 1.82) is 0 Å². The van der Waals surface area contributed by atoms with E-state index in [1.54, 1.807) is 0 Å². The molecule has 0 atom stereocenters. The van der Waals surface area contributed by atoms with Crippen LogP contribution in [0.1, 0.15) is 0 Å². The van der Waals surface area contributed by atoms with Crippen LogP contribution in [0, 0.1) is 0 Å². The van der Waals surface area contributed by atoms with Crippen molar-refractivity contribution < 1.29 is 0 Å². The molecule has 2 nitrogen and oxygen atoms in total. The Morgan fingerprint density at radius 1 is 0.362 bits per heavy atom. The van der Waals surface area contributed by atoms with Gasteiger partial charge in [-0.25, -0.2) is 4.98 Å². The molecule has 2 heteroatoms. The van der Waals surface area contributed by atoms with Gasteiger partial charge in [-0.15, -0.1) is 0 Å². The molecule has 8 aromatic carbocycles. The minimum Gasteiger partial charge on any atom is -0.292 e. The monoisotopic (exact) mass is 598 g/mol. The summed E-state index contributed by atoms with van der Waals surface area (Å²) in [5.41, 5.74) is 11.5. The third kappa shape index (κ3) is 4.54. The van der Waals surface area contributed by atoms with Gasteiger partial charge in [0.25, 0.3) is 0 Å². The lowest BCUT2D eigenvalue weighted by molar-refractivity contribution is 1.10. The molecular weight excluding hydrogens is 569 g/mol. The molecule has 0 bridgehead atoms. The molecular formula is C45H30N2. The molecule has 0 saturated carbocycles. The van der Waals surface area contributed by atoms with Crippen LogP contribution in [0.5, 0.6) is 0 Å². The topological polar surface area (TPSA) is 17.8 Å². The van der Waals surface area contributed by atoms with Crippen LogP contribution in [-0.4, -0.2) is 9.55 Å². The lowest BCUT2D eigenvalue weighted by atomic mass is 9.85. The van der Waals surface area contributed by atoms with Crippen molar-refractivity contribution in [1.82, 2.24) is 9.55 Å². The van der Waals surface area contributed by atoms with Gasteiger partial charge in [0.1, 0.15) is 5.82 Å². The summed E-state index contributed by atoms with van der Waals surface area (Å²) in [4.78, 5) is 5.14. The SMILES string of the molecule is c1ccc(-c2c3ccccc3c(-c3ccccc3)c3cc(-c4ccccc4-n4c(-c5ccccc5)nc5ccccc54)ccc23)cc1. The van der Waals surface area contributed by atoms with Gasteiger partial charge in [-0.2, -0.15) is 0 Å². The van der Waals surface area contributed by atoms with E-state index in [9.17, 15) is 0 Å². The van der Waals surface area contributed by atoms with E-state index in [1.165, 1.54) is 43.8 Å². The third-order valence-electron chi connectivity index (χ3n) is 9.20. The second-order valence-electron chi connectivity index (χ2n) is 11.9. The van der Waals surface area contributed by atoms with Gasteiger partial charge in [0, 0.05) is 11.1 Å². The number of imidazole rings is 1. The Kier molecular flexibility index (Phi) is 6.50. The molecule has 0 radical (unpaired) electrons. The summed E-state index contributed by atoms with van der Waals surface area (Å²) in [6.07, 6.45) is 0. The standard InChI is InChI=1S/C45H30N2/c1-4-16-31(17-5-1)43-36-23-10-11-24-37(36)44(32-18-6-2-7-19-32)39-30-34(28-29-38(39)43)35-22-12-14-26-41(35)47-42-27-15-13-25-40(42)46-45(47)33-20-8-3-9-21-33/h1-30H. The fourth-order valence-corrected chi connectivity index (χ4v) is 7.14. The van der Waals surface area contributed by atoms with Crippen LogP contribution in [0.4, 0.5) is 0 Å². The molecule has 0 aliphatic carbocycles. The van der Waals surface area contributed by atoms with Crippen LogP contribution in [-0.2, 0) is 0 Å². The Labute approximate surface area is 273 Å². The molecule has 1 aromatic heterocycles. The molecule has 9 rings (SSSR count). The lowest BCUT2D eigenvalue weighted by Crippen LogP contribution is -2.00. The lowest BCUT2D eigenvalue weighted by Gasteiger charge is -2.20.